The Morgan fingerprint density at radius 1 is 1.05 bits per heavy atom. The average molecular weight is 274 g/mol. The maximum atomic E-state index is 10.9. The van der Waals surface area contributed by atoms with Crippen molar-refractivity contribution in [3.63, 3.8) is 0 Å². The second-order valence-electron chi connectivity index (χ2n) is 8.56. The molecule has 0 bridgehead atoms. The predicted molar refractivity (Wildman–Crippen MR) is 82.3 cm³/mol. The molecule has 1 N–H and O–H groups in total. The van der Waals surface area contributed by atoms with Crippen LogP contribution in [0.25, 0.3) is 0 Å². The van der Waals surface area contributed by atoms with Gasteiger partial charge in [0, 0.05) is 0 Å². The van der Waals surface area contributed by atoms with Crippen molar-refractivity contribution < 1.29 is 5.11 Å². The van der Waals surface area contributed by atoms with Crippen LogP contribution in [-0.2, 0) is 0 Å². The van der Waals surface area contributed by atoms with Crippen LogP contribution in [0.2, 0.25) is 0 Å². The standard InChI is InChI=1S/C19H30O/c1-18-11-9-15-14-6-4-3-5-13(14)7-8-16(15)17(18)10-12-19(18,2)20/h5,14-17,20H,3-4,6-12H2,1-2H3/t14-,15-,16+,17+,18+,19-/m0/s1. The largest absolute Gasteiger partial charge is 0.390 e. The van der Waals surface area contributed by atoms with E-state index in [2.05, 4.69) is 19.9 Å². The molecule has 0 aromatic heterocycles. The van der Waals surface area contributed by atoms with Gasteiger partial charge in [-0.15, -0.1) is 0 Å². The maximum absolute atomic E-state index is 10.9. The summed E-state index contributed by atoms with van der Waals surface area (Å²) in [5.41, 5.74) is 1.60. The summed E-state index contributed by atoms with van der Waals surface area (Å²) in [7, 11) is 0. The molecule has 3 saturated carbocycles. The third-order valence-electron chi connectivity index (χ3n) is 7.94. The van der Waals surface area contributed by atoms with Gasteiger partial charge in [-0.05, 0) is 93.8 Å². The van der Waals surface area contributed by atoms with Crippen LogP contribution in [0.5, 0.6) is 0 Å². The Kier molecular flexibility index (Phi) is 2.91. The second-order valence-corrected chi connectivity index (χ2v) is 8.56. The molecule has 0 aromatic carbocycles. The van der Waals surface area contributed by atoms with Gasteiger partial charge in [-0.2, -0.15) is 0 Å². The third kappa shape index (κ3) is 1.65. The summed E-state index contributed by atoms with van der Waals surface area (Å²) in [6, 6.07) is 0. The zero-order valence-electron chi connectivity index (χ0n) is 13.2. The molecule has 0 unspecified atom stereocenters. The molecule has 0 spiro atoms. The molecule has 112 valence electrons. The highest BCUT2D eigenvalue weighted by Crippen LogP contribution is 2.64. The van der Waals surface area contributed by atoms with Crippen LogP contribution >= 0.6 is 0 Å². The lowest BCUT2D eigenvalue weighted by Crippen LogP contribution is -2.51. The SMILES string of the molecule is C[C@]1(O)CC[C@@H]2[C@@H]3CCC4=CCCC[C@@H]4[C@@H]3CC[C@]21C. The minimum Gasteiger partial charge on any atom is -0.390 e. The number of hydrogen-bond donors (Lipinski definition) is 1. The fraction of sp³-hybridized carbons (Fsp3) is 0.895. The summed E-state index contributed by atoms with van der Waals surface area (Å²) in [6.45, 7) is 4.51. The molecule has 0 saturated heterocycles. The molecule has 3 fully saturated rings. The molecule has 4 aliphatic rings. The first-order chi connectivity index (χ1) is 9.53. The monoisotopic (exact) mass is 274 g/mol. The topological polar surface area (TPSA) is 20.2 Å². The summed E-state index contributed by atoms with van der Waals surface area (Å²) >= 11 is 0. The minimum atomic E-state index is -0.411. The van der Waals surface area contributed by atoms with Gasteiger partial charge >= 0.3 is 0 Å². The van der Waals surface area contributed by atoms with Crippen molar-refractivity contribution in [3.05, 3.63) is 11.6 Å². The van der Waals surface area contributed by atoms with Crippen LogP contribution in [0.1, 0.15) is 71.6 Å². The van der Waals surface area contributed by atoms with E-state index < -0.39 is 5.60 Å². The summed E-state index contributed by atoms with van der Waals surface area (Å²) in [5, 5.41) is 10.9. The van der Waals surface area contributed by atoms with Crippen molar-refractivity contribution in [3.8, 4) is 0 Å². The van der Waals surface area contributed by atoms with E-state index >= 15 is 0 Å². The predicted octanol–water partition coefficient (Wildman–Crippen LogP) is 4.70. The number of fused-ring (bicyclic) bond motifs is 5. The van der Waals surface area contributed by atoms with Gasteiger partial charge in [0.15, 0.2) is 0 Å². The minimum absolute atomic E-state index is 0.198. The lowest BCUT2D eigenvalue weighted by molar-refractivity contribution is -0.107. The first kappa shape index (κ1) is 13.4. The van der Waals surface area contributed by atoms with E-state index in [1.54, 1.807) is 0 Å². The molecule has 0 aliphatic heterocycles. The number of allylic oxidation sites excluding steroid dienone is 2. The normalized spacial score (nSPS) is 54.6. The molecule has 0 aromatic rings. The zero-order chi connectivity index (χ0) is 14.0. The van der Waals surface area contributed by atoms with E-state index in [9.17, 15) is 5.11 Å². The first-order valence-electron chi connectivity index (χ1n) is 8.94. The molecule has 1 nitrogen and oxygen atoms in total. The Balaban J connectivity index is 1.65. The van der Waals surface area contributed by atoms with E-state index in [1.807, 2.05) is 5.57 Å². The Hall–Kier alpha value is -0.300. The molecule has 4 aliphatic carbocycles. The second kappa shape index (κ2) is 4.35. The van der Waals surface area contributed by atoms with Gasteiger partial charge in [0.05, 0.1) is 5.60 Å². The summed E-state index contributed by atoms with van der Waals surface area (Å²) in [4.78, 5) is 0. The molecule has 0 heterocycles. The summed E-state index contributed by atoms with van der Waals surface area (Å²) < 4.78 is 0. The smallest absolute Gasteiger partial charge is 0.0675 e. The highest BCUT2D eigenvalue weighted by Gasteiger charge is 2.60. The molecular formula is C19H30O. The third-order valence-corrected chi connectivity index (χ3v) is 7.94. The fourth-order valence-electron chi connectivity index (χ4n) is 6.55. The average Bonchev–Trinajstić information content (AvgIpc) is 2.69. The Bertz CT molecular complexity index is 435. The molecule has 0 amide bonds. The van der Waals surface area contributed by atoms with E-state index in [-0.39, 0.29) is 5.41 Å². The van der Waals surface area contributed by atoms with Crippen molar-refractivity contribution in [1.82, 2.24) is 0 Å². The van der Waals surface area contributed by atoms with Crippen LogP contribution in [0.4, 0.5) is 0 Å². The highest BCUT2D eigenvalue weighted by atomic mass is 16.3. The van der Waals surface area contributed by atoms with Gasteiger partial charge in [0.2, 0.25) is 0 Å². The van der Waals surface area contributed by atoms with Crippen LogP contribution in [-0.4, -0.2) is 10.7 Å². The van der Waals surface area contributed by atoms with E-state index in [4.69, 9.17) is 0 Å². The molecule has 1 heteroatoms. The fourth-order valence-corrected chi connectivity index (χ4v) is 6.55. The Morgan fingerprint density at radius 2 is 1.90 bits per heavy atom. The maximum Gasteiger partial charge on any atom is 0.0675 e. The van der Waals surface area contributed by atoms with Gasteiger partial charge < -0.3 is 5.11 Å². The Morgan fingerprint density at radius 3 is 2.75 bits per heavy atom. The van der Waals surface area contributed by atoms with Gasteiger partial charge in [0.1, 0.15) is 0 Å². The van der Waals surface area contributed by atoms with E-state index in [0.717, 1.165) is 30.1 Å². The van der Waals surface area contributed by atoms with Crippen molar-refractivity contribution in [2.24, 2.45) is 29.1 Å². The lowest BCUT2D eigenvalue weighted by Gasteiger charge is -2.55. The van der Waals surface area contributed by atoms with E-state index in [0.29, 0.717) is 0 Å². The van der Waals surface area contributed by atoms with Gasteiger partial charge in [0.25, 0.3) is 0 Å². The first-order valence-corrected chi connectivity index (χ1v) is 8.94. The Labute approximate surface area is 123 Å². The van der Waals surface area contributed by atoms with Gasteiger partial charge in [-0.1, -0.05) is 18.6 Å². The number of aliphatic hydroxyl groups is 1. The highest BCUT2D eigenvalue weighted by molar-refractivity contribution is 5.19. The lowest BCUT2D eigenvalue weighted by atomic mass is 9.51. The van der Waals surface area contributed by atoms with Crippen molar-refractivity contribution in [2.75, 3.05) is 0 Å². The van der Waals surface area contributed by atoms with Gasteiger partial charge in [-0.25, -0.2) is 0 Å². The van der Waals surface area contributed by atoms with Crippen LogP contribution in [0.15, 0.2) is 11.6 Å². The van der Waals surface area contributed by atoms with Crippen molar-refractivity contribution in [2.45, 2.75) is 77.2 Å². The van der Waals surface area contributed by atoms with Gasteiger partial charge in [-0.3, -0.25) is 0 Å². The molecule has 4 rings (SSSR count). The van der Waals surface area contributed by atoms with Crippen molar-refractivity contribution in [1.29, 1.82) is 0 Å². The number of hydrogen-bond acceptors (Lipinski definition) is 1. The summed E-state index contributed by atoms with van der Waals surface area (Å²) in [6.07, 6.45) is 14.5. The zero-order valence-corrected chi connectivity index (χ0v) is 13.2. The van der Waals surface area contributed by atoms with Crippen LogP contribution < -0.4 is 0 Å². The van der Waals surface area contributed by atoms with Crippen molar-refractivity contribution >= 4 is 0 Å². The van der Waals surface area contributed by atoms with E-state index in [1.165, 1.54) is 51.4 Å². The van der Waals surface area contributed by atoms with Crippen LogP contribution in [0, 0.1) is 29.1 Å². The summed E-state index contributed by atoms with van der Waals surface area (Å²) in [5.74, 6) is 3.56. The quantitative estimate of drug-likeness (QED) is 0.635. The number of rotatable bonds is 0. The molecule has 0 radical (unpaired) electrons. The molecular weight excluding hydrogens is 244 g/mol. The molecule has 20 heavy (non-hydrogen) atoms. The van der Waals surface area contributed by atoms with Crippen LogP contribution in [0.3, 0.4) is 0 Å². The molecule has 6 atom stereocenters.